The zero-order chi connectivity index (χ0) is 9.31. The molecule has 0 aliphatic heterocycles. The minimum absolute atomic E-state index is 0.225. The number of aliphatic hydroxyl groups is 1. The maximum absolute atomic E-state index is 10.1. The maximum Gasteiger partial charge on any atom is 0.0683 e. The third-order valence-electron chi connectivity index (χ3n) is 4.06. The SMILES string of the molecule is CCC1CC1(O)CC1CCCCC1. The summed E-state index contributed by atoms with van der Waals surface area (Å²) in [7, 11) is 0. The van der Waals surface area contributed by atoms with E-state index in [1.807, 2.05) is 0 Å². The summed E-state index contributed by atoms with van der Waals surface area (Å²) >= 11 is 0. The first-order valence-corrected chi connectivity index (χ1v) is 5.97. The number of hydrogen-bond donors (Lipinski definition) is 1. The topological polar surface area (TPSA) is 20.2 Å². The summed E-state index contributed by atoms with van der Waals surface area (Å²) < 4.78 is 0. The van der Waals surface area contributed by atoms with Crippen LogP contribution < -0.4 is 0 Å². The van der Waals surface area contributed by atoms with Crippen LogP contribution in [0.4, 0.5) is 0 Å². The van der Waals surface area contributed by atoms with Crippen molar-refractivity contribution >= 4 is 0 Å². The maximum atomic E-state index is 10.1. The van der Waals surface area contributed by atoms with Crippen molar-refractivity contribution in [3.63, 3.8) is 0 Å². The molecule has 0 saturated heterocycles. The van der Waals surface area contributed by atoms with Crippen LogP contribution in [0.15, 0.2) is 0 Å². The largest absolute Gasteiger partial charge is 0.390 e. The van der Waals surface area contributed by atoms with Gasteiger partial charge < -0.3 is 5.11 Å². The van der Waals surface area contributed by atoms with Gasteiger partial charge >= 0.3 is 0 Å². The van der Waals surface area contributed by atoms with Crippen molar-refractivity contribution in [1.82, 2.24) is 0 Å². The number of rotatable bonds is 3. The lowest BCUT2D eigenvalue weighted by molar-refractivity contribution is 0.0902. The van der Waals surface area contributed by atoms with Crippen molar-refractivity contribution in [3.8, 4) is 0 Å². The molecule has 0 spiro atoms. The molecule has 0 aromatic carbocycles. The summed E-state index contributed by atoms with van der Waals surface area (Å²) in [6, 6.07) is 0. The predicted molar refractivity (Wildman–Crippen MR) is 54.5 cm³/mol. The molecule has 2 atom stereocenters. The van der Waals surface area contributed by atoms with Gasteiger partial charge in [-0.3, -0.25) is 0 Å². The van der Waals surface area contributed by atoms with E-state index in [0.29, 0.717) is 5.92 Å². The van der Waals surface area contributed by atoms with Crippen LogP contribution in [0, 0.1) is 11.8 Å². The molecule has 0 bridgehead atoms. The summed E-state index contributed by atoms with van der Waals surface area (Å²) in [6.07, 6.45) is 10.3. The Morgan fingerprint density at radius 1 is 1.23 bits per heavy atom. The fraction of sp³-hybridized carbons (Fsp3) is 1.00. The second kappa shape index (κ2) is 3.61. The molecule has 13 heavy (non-hydrogen) atoms. The van der Waals surface area contributed by atoms with Crippen LogP contribution in [0.1, 0.15) is 58.3 Å². The van der Waals surface area contributed by atoms with Crippen molar-refractivity contribution in [3.05, 3.63) is 0 Å². The molecule has 1 nitrogen and oxygen atoms in total. The molecule has 0 aromatic rings. The summed E-state index contributed by atoms with van der Waals surface area (Å²) in [4.78, 5) is 0. The van der Waals surface area contributed by atoms with Gasteiger partial charge in [0.2, 0.25) is 0 Å². The molecule has 76 valence electrons. The minimum atomic E-state index is -0.225. The molecule has 2 aliphatic rings. The third kappa shape index (κ3) is 2.07. The van der Waals surface area contributed by atoms with E-state index >= 15 is 0 Å². The zero-order valence-electron chi connectivity index (χ0n) is 8.76. The molecule has 1 N–H and O–H groups in total. The highest BCUT2D eigenvalue weighted by atomic mass is 16.3. The lowest BCUT2D eigenvalue weighted by atomic mass is 9.84. The first-order valence-electron chi connectivity index (χ1n) is 5.97. The van der Waals surface area contributed by atoms with Crippen LogP contribution in [-0.4, -0.2) is 10.7 Å². The molecule has 0 radical (unpaired) electrons. The highest BCUT2D eigenvalue weighted by molar-refractivity contribution is 5.03. The molecule has 2 unspecified atom stereocenters. The van der Waals surface area contributed by atoms with Gasteiger partial charge in [-0.2, -0.15) is 0 Å². The van der Waals surface area contributed by atoms with Crippen LogP contribution in [0.2, 0.25) is 0 Å². The van der Waals surface area contributed by atoms with Gasteiger partial charge in [0.05, 0.1) is 5.60 Å². The summed E-state index contributed by atoms with van der Waals surface area (Å²) in [5.41, 5.74) is -0.225. The molecule has 2 aliphatic carbocycles. The molecule has 2 fully saturated rings. The van der Waals surface area contributed by atoms with Crippen LogP contribution in [0.25, 0.3) is 0 Å². The van der Waals surface area contributed by atoms with Gasteiger partial charge in [0, 0.05) is 0 Å². The van der Waals surface area contributed by atoms with E-state index in [-0.39, 0.29) is 5.60 Å². The Labute approximate surface area is 81.5 Å². The Bertz CT molecular complexity index is 172. The standard InChI is InChI=1S/C12H22O/c1-2-11-9-12(11,13)8-10-6-4-3-5-7-10/h10-11,13H,2-9H2,1H3. The zero-order valence-corrected chi connectivity index (χ0v) is 8.76. The summed E-state index contributed by atoms with van der Waals surface area (Å²) in [5.74, 6) is 1.48. The van der Waals surface area contributed by atoms with Crippen LogP contribution in [0.5, 0.6) is 0 Å². The Morgan fingerprint density at radius 2 is 1.92 bits per heavy atom. The quantitative estimate of drug-likeness (QED) is 0.711. The van der Waals surface area contributed by atoms with Crippen LogP contribution >= 0.6 is 0 Å². The summed E-state index contributed by atoms with van der Waals surface area (Å²) in [5, 5.41) is 10.1. The van der Waals surface area contributed by atoms with Gasteiger partial charge in [-0.1, -0.05) is 45.4 Å². The first kappa shape index (κ1) is 9.51. The van der Waals surface area contributed by atoms with E-state index in [0.717, 1.165) is 18.8 Å². The van der Waals surface area contributed by atoms with Crippen molar-refractivity contribution in [2.75, 3.05) is 0 Å². The second-order valence-corrected chi connectivity index (χ2v) is 5.12. The van der Waals surface area contributed by atoms with Gasteiger partial charge in [0.25, 0.3) is 0 Å². The Kier molecular flexibility index (Phi) is 2.64. The minimum Gasteiger partial charge on any atom is -0.390 e. The van der Waals surface area contributed by atoms with Crippen molar-refractivity contribution < 1.29 is 5.11 Å². The average Bonchev–Trinajstić information content (AvgIpc) is 2.78. The van der Waals surface area contributed by atoms with Gasteiger partial charge in [-0.25, -0.2) is 0 Å². The van der Waals surface area contributed by atoms with Crippen LogP contribution in [-0.2, 0) is 0 Å². The second-order valence-electron chi connectivity index (χ2n) is 5.12. The predicted octanol–water partition coefficient (Wildman–Crippen LogP) is 3.12. The van der Waals surface area contributed by atoms with E-state index in [1.54, 1.807) is 0 Å². The average molecular weight is 182 g/mol. The van der Waals surface area contributed by atoms with E-state index in [4.69, 9.17) is 0 Å². The van der Waals surface area contributed by atoms with E-state index in [1.165, 1.54) is 38.5 Å². The van der Waals surface area contributed by atoms with Gasteiger partial charge in [-0.05, 0) is 24.7 Å². The van der Waals surface area contributed by atoms with Crippen molar-refractivity contribution in [2.45, 2.75) is 63.9 Å². The fourth-order valence-electron chi connectivity index (χ4n) is 3.03. The van der Waals surface area contributed by atoms with E-state index in [9.17, 15) is 5.11 Å². The smallest absolute Gasteiger partial charge is 0.0683 e. The molecule has 1 heteroatoms. The highest BCUT2D eigenvalue weighted by Gasteiger charge is 2.51. The fourth-order valence-corrected chi connectivity index (χ4v) is 3.03. The third-order valence-corrected chi connectivity index (χ3v) is 4.06. The van der Waals surface area contributed by atoms with E-state index in [2.05, 4.69) is 6.92 Å². The lowest BCUT2D eigenvalue weighted by Crippen LogP contribution is -2.19. The molecule has 0 heterocycles. The Balaban J connectivity index is 1.77. The Morgan fingerprint density at radius 3 is 2.46 bits per heavy atom. The number of hydrogen-bond acceptors (Lipinski definition) is 1. The molecule has 2 saturated carbocycles. The molecule has 0 amide bonds. The normalized spacial score (nSPS) is 40.6. The van der Waals surface area contributed by atoms with Crippen LogP contribution in [0.3, 0.4) is 0 Å². The molecule has 2 rings (SSSR count). The molecular weight excluding hydrogens is 160 g/mol. The van der Waals surface area contributed by atoms with Crippen molar-refractivity contribution in [2.24, 2.45) is 11.8 Å². The monoisotopic (exact) mass is 182 g/mol. The first-order chi connectivity index (χ1) is 6.24. The molecular formula is C12H22O. The Hall–Kier alpha value is -0.0400. The van der Waals surface area contributed by atoms with Crippen molar-refractivity contribution in [1.29, 1.82) is 0 Å². The van der Waals surface area contributed by atoms with Gasteiger partial charge in [-0.15, -0.1) is 0 Å². The van der Waals surface area contributed by atoms with Gasteiger partial charge in [0.15, 0.2) is 0 Å². The lowest BCUT2D eigenvalue weighted by Gasteiger charge is -2.24. The summed E-state index contributed by atoms with van der Waals surface area (Å²) in [6.45, 7) is 2.20. The van der Waals surface area contributed by atoms with Gasteiger partial charge in [0.1, 0.15) is 0 Å². The molecule has 0 aromatic heterocycles. The highest BCUT2D eigenvalue weighted by Crippen LogP contribution is 2.51. The van der Waals surface area contributed by atoms with E-state index < -0.39 is 0 Å².